The number of aryl methyl sites for hydroxylation is 1. The van der Waals surface area contributed by atoms with Crippen LogP contribution in [0.1, 0.15) is 16.0 Å². The summed E-state index contributed by atoms with van der Waals surface area (Å²) >= 11 is 1.48. The molecule has 1 heterocycles. The molecule has 2 nitrogen and oxygen atoms in total. The molecule has 0 saturated carbocycles. The highest BCUT2D eigenvalue weighted by Crippen LogP contribution is 2.30. The lowest BCUT2D eigenvalue weighted by molar-refractivity contribution is 0.282. The topological polar surface area (TPSA) is 44.0 Å². The number of fused-ring (bicyclic) bond motifs is 1. The fourth-order valence-corrected chi connectivity index (χ4v) is 2.54. The van der Waals surface area contributed by atoms with Crippen LogP contribution in [-0.4, -0.2) is 5.11 Å². The summed E-state index contributed by atoms with van der Waals surface area (Å²) in [6.45, 7) is 2.00. The highest BCUT2D eigenvalue weighted by Gasteiger charge is 2.07. The monoisotopic (exact) mass is 203 g/mol. The molecule has 0 aliphatic rings. The first kappa shape index (κ1) is 9.20. The molecule has 0 unspecified atom stereocenters. The second-order valence-corrected chi connectivity index (χ2v) is 4.21. The van der Waals surface area contributed by atoms with E-state index in [0.717, 1.165) is 26.1 Å². The van der Waals surface area contributed by atoms with Crippen molar-refractivity contribution in [2.45, 2.75) is 13.5 Å². The van der Waals surface area contributed by atoms with Gasteiger partial charge in [-0.15, -0.1) is 11.3 Å². The van der Waals surface area contributed by atoms with Gasteiger partial charge in [0, 0.05) is 4.70 Å². The van der Waals surface area contributed by atoms with Crippen LogP contribution in [0, 0.1) is 18.3 Å². The zero-order valence-electron chi connectivity index (χ0n) is 7.74. The molecule has 0 aliphatic carbocycles. The minimum Gasteiger partial charge on any atom is -0.392 e. The average molecular weight is 203 g/mol. The van der Waals surface area contributed by atoms with Crippen LogP contribution in [0.15, 0.2) is 18.2 Å². The van der Waals surface area contributed by atoms with Crippen molar-refractivity contribution in [2.24, 2.45) is 0 Å². The molecule has 0 aliphatic heterocycles. The van der Waals surface area contributed by atoms with Crippen molar-refractivity contribution >= 4 is 21.4 Å². The normalized spacial score (nSPS) is 10.4. The fourth-order valence-electron chi connectivity index (χ4n) is 1.47. The third-order valence-corrected chi connectivity index (χ3v) is 3.45. The molecule has 1 N–H and O–H groups in total. The van der Waals surface area contributed by atoms with Gasteiger partial charge in [-0.05, 0) is 29.5 Å². The van der Waals surface area contributed by atoms with Gasteiger partial charge in [0.1, 0.15) is 10.9 Å². The molecule has 0 spiro atoms. The van der Waals surface area contributed by atoms with Crippen molar-refractivity contribution in [3.63, 3.8) is 0 Å². The summed E-state index contributed by atoms with van der Waals surface area (Å²) in [6, 6.07) is 7.97. The van der Waals surface area contributed by atoms with Gasteiger partial charge in [0.2, 0.25) is 0 Å². The summed E-state index contributed by atoms with van der Waals surface area (Å²) in [4.78, 5) is 0.759. The Kier molecular flexibility index (Phi) is 2.24. The Labute approximate surface area is 86.0 Å². The lowest BCUT2D eigenvalue weighted by atomic mass is 10.1. The van der Waals surface area contributed by atoms with Crippen LogP contribution in [0.4, 0.5) is 0 Å². The maximum absolute atomic E-state index is 8.97. The third-order valence-electron chi connectivity index (χ3n) is 2.29. The van der Waals surface area contributed by atoms with E-state index in [0.29, 0.717) is 0 Å². The first-order valence-electron chi connectivity index (χ1n) is 4.29. The van der Waals surface area contributed by atoms with E-state index in [4.69, 9.17) is 10.4 Å². The number of hydrogen-bond donors (Lipinski definition) is 1. The molecule has 0 fully saturated rings. The van der Waals surface area contributed by atoms with E-state index in [1.165, 1.54) is 11.3 Å². The first-order chi connectivity index (χ1) is 6.76. The maximum atomic E-state index is 8.97. The third kappa shape index (κ3) is 1.29. The van der Waals surface area contributed by atoms with Crippen LogP contribution in [0.25, 0.3) is 10.1 Å². The lowest BCUT2D eigenvalue weighted by Gasteiger charge is -1.95. The molecule has 1 aromatic heterocycles. The summed E-state index contributed by atoms with van der Waals surface area (Å²) in [7, 11) is 0. The second kappa shape index (κ2) is 3.41. The molecule has 2 aromatic rings. The number of benzene rings is 1. The summed E-state index contributed by atoms with van der Waals surface area (Å²) in [5.74, 6) is 0. The number of thiophene rings is 1. The van der Waals surface area contributed by atoms with Crippen LogP contribution in [0.3, 0.4) is 0 Å². The van der Waals surface area contributed by atoms with Gasteiger partial charge in [0.25, 0.3) is 0 Å². The molecule has 0 amide bonds. The standard InChI is InChI=1S/C11H9NOS/c1-7-9-3-2-8(6-13)4-10(9)14-11(7)5-12/h2-4,13H,6H2,1H3. The molecule has 2 rings (SSSR count). The van der Waals surface area contributed by atoms with Crippen molar-refractivity contribution in [2.75, 3.05) is 0 Å². The van der Waals surface area contributed by atoms with Crippen LogP contribution >= 0.6 is 11.3 Å². The second-order valence-electron chi connectivity index (χ2n) is 3.16. The van der Waals surface area contributed by atoms with Gasteiger partial charge in [0.05, 0.1) is 6.61 Å². The number of nitrogens with zero attached hydrogens (tertiary/aromatic N) is 1. The lowest BCUT2D eigenvalue weighted by Crippen LogP contribution is -1.80. The molecule has 3 heteroatoms. The van der Waals surface area contributed by atoms with Crippen molar-refractivity contribution < 1.29 is 5.11 Å². The van der Waals surface area contributed by atoms with Crippen LogP contribution in [0.2, 0.25) is 0 Å². The molecule has 0 atom stereocenters. The average Bonchev–Trinajstić information content (AvgIpc) is 2.55. The van der Waals surface area contributed by atoms with E-state index in [9.17, 15) is 0 Å². The van der Waals surface area contributed by atoms with Crippen LogP contribution in [0.5, 0.6) is 0 Å². The van der Waals surface area contributed by atoms with Gasteiger partial charge in [-0.3, -0.25) is 0 Å². The van der Waals surface area contributed by atoms with E-state index in [2.05, 4.69) is 6.07 Å². The largest absolute Gasteiger partial charge is 0.392 e. The van der Waals surface area contributed by atoms with Crippen molar-refractivity contribution in [3.05, 3.63) is 34.2 Å². The Morgan fingerprint density at radius 2 is 2.29 bits per heavy atom. The van der Waals surface area contributed by atoms with E-state index in [-0.39, 0.29) is 6.61 Å². The molecular weight excluding hydrogens is 194 g/mol. The zero-order chi connectivity index (χ0) is 10.1. The van der Waals surface area contributed by atoms with Crippen LogP contribution < -0.4 is 0 Å². The Morgan fingerprint density at radius 1 is 1.50 bits per heavy atom. The number of nitriles is 1. The van der Waals surface area contributed by atoms with E-state index in [1.54, 1.807) is 0 Å². The number of aliphatic hydroxyl groups excluding tert-OH is 1. The molecule has 0 bridgehead atoms. The predicted molar refractivity (Wildman–Crippen MR) is 57.2 cm³/mol. The number of aliphatic hydroxyl groups is 1. The highest BCUT2D eigenvalue weighted by atomic mass is 32.1. The van der Waals surface area contributed by atoms with Crippen molar-refractivity contribution in [1.29, 1.82) is 5.26 Å². The molecule has 0 saturated heterocycles. The summed E-state index contributed by atoms with van der Waals surface area (Å²) in [5.41, 5.74) is 1.93. The van der Waals surface area contributed by atoms with Gasteiger partial charge < -0.3 is 5.11 Å². The smallest absolute Gasteiger partial charge is 0.110 e. The van der Waals surface area contributed by atoms with Crippen molar-refractivity contribution in [1.82, 2.24) is 0 Å². The summed E-state index contributed by atoms with van der Waals surface area (Å²) in [6.07, 6.45) is 0. The first-order valence-corrected chi connectivity index (χ1v) is 5.11. The van der Waals surface area contributed by atoms with Gasteiger partial charge in [0.15, 0.2) is 0 Å². The molecular formula is C11H9NOS. The quantitative estimate of drug-likeness (QED) is 0.774. The van der Waals surface area contributed by atoms with Gasteiger partial charge in [-0.2, -0.15) is 5.26 Å². The Bertz CT molecular complexity index is 522. The molecule has 14 heavy (non-hydrogen) atoms. The minimum absolute atomic E-state index is 0.0504. The van der Waals surface area contributed by atoms with Gasteiger partial charge in [-0.25, -0.2) is 0 Å². The summed E-state index contributed by atoms with van der Waals surface area (Å²) in [5, 5.41) is 18.9. The Hall–Kier alpha value is -1.37. The van der Waals surface area contributed by atoms with Crippen molar-refractivity contribution in [3.8, 4) is 6.07 Å². The number of rotatable bonds is 1. The SMILES string of the molecule is Cc1c(C#N)sc2cc(CO)ccc12. The van der Waals surface area contributed by atoms with E-state index < -0.39 is 0 Å². The predicted octanol–water partition coefficient (Wildman–Crippen LogP) is 2.57. The van der Waals surface area contributed by atoms with Gasteiger partial charge >= 0.3 is 0 Å². The van der Waals surface area contributed by atoms with Gasteiger partial charge in [-0.1, -0.05) is 12.1 Å². The van der Waals surface area contributed by atoms with E-state index >= 15 is 0 Å². The zero-order valence-corrected chi connectivity index (χ0v) is 8.56. The maximum Gasteiger partial charge on any atom is 0.110 e. The molecule has 0 radical (unpaired) electrons. The van der Waals surface area contributed by atoms with Crippen LogP contribution in [-0.2, 0) is 6.61 Å². The highest BCUT2D eigenvalue weighted by molar-refractivity contribution is 7.19. The molecule has 1 aromatic carbocycles. The summed E-state index contributed by atoms with van der Waals surface area (Å²) < 4.78 is 1.07. The Morgan fingerprint density at radius 3 is 2.93 bits per heavy atom. The minimum atomic E-state index is 0.0504. The molecule has 70 valence electrons. The van der Waals surface area contributed by atoms with E-state index in [1.807, 2.05) is 25.1 Å². The number of hydrogen-bond acceptors (Lipinski definition) is 3. The Balaban J connectivity index is 2.74. The fraction of sp³-hybridized carbons (Fsp3) is 0.182.